The lowest BCUT2D eigenvalue weighted by molar-refractivity contribution is 0.475. The molecule has 0 saturated carbocycles. The largest absolute Gasteiger partial charge is 0.507 e. The maximum absolute atomic E-state index is 10.1. The van der Waals surface area contributed by atoms with Crippen molar-refractivity contribution in [1.82, 2.24) is 10.7 Å². The highest BCUT2D eigenvalue weighted by Crippen LogP contribution is 2.25. The molecule has 0 unspecified atom stereocenters. The van der Waals surface area contributed by atoms with Crippen molar-refractivity contribution in [2.45, 2.75) is 71.1 Å². The van der Waals surface area contributed by atoms with Crippen LogP contribution in [0.5, 0.6) is 5.75 Å². The third-order valence-corrected chi connectivity index (χ3v) is 5.36. The molecular formula is C24H35N3OS. The Morgan fingerprint density at radius 3 is 2.31 bits per heavy atom. The Balaban J connectivity index is 1.58. The molecule has 0 radical (unpaired) electrons. The van der Waals surface area contributed by atoms with Crippen LogP contribution in [0.2, 0.25) is 0 Å². The Bertz CT molecular complexity index is 776. The molecule has 0 heterocycles. The molecule has 2 aromatic rings. The Kier molecular flexibility index (Phi) is 11.1. The number of phenolic OH excluding ortho intramolecular Hbond substituents is 1. The minimum atomic E-state index is 0.207. The summed E-state index contributed by atoms with van der Waals surface area (Å²) in [4.78, 5) is 0. The van der Waals surface area contributed by atoms with Crippen LogP contribution < -0.4 is 10.7 Å². The van der Waals surface area contributed by atoms with E-state index in [4.69, 9.17) is 12.2 Å². The van der Waals surface area contributed by atoms with Crippen molar-refractivity contribution in [3.63, 3.8) is 0 Å². The second-order valence-corrected chi connectivity index (χ2v) is 7.94. The number of rotatable bonds is 13. The number of aromatic hydroxyl groups is 1. The molecule has 0 saturated heterocycles. The fourth-order valence-corrected chi connectivity index (χ4v) is 3.58. The van der Waals surface area contributed by atoms with Crippen molar-refractivity contribution in [1.29, 1.82) is 0 Å². The maximum atomic E-state index is 10.1. The molecule has 0 aliphatic heterocycles. The Morgan fingerprint density at radius 1 is 0.931 bits per heavy atom. The summed E-state index contributed by atoms with van der Waals surface area (Å²) in [5.74, 6) is 0.207. The van der Waals surface area contributed by atoms with Crippen molar-refractivity contribution in [2.24, 2.45) is 5.10 Å². The molecule has 2 aromatic carbocycles. The number of hydrazone groups is 1. The van der Waals surface area contributed by atoms with Gasteiger partial charge in [0.15, 0.2) is 5.11 Å². The molecule has 0 atom stereocenters. The van der Waals surface area contributed by atoms with E-state index in [1.807, 2.05) is 30.3 Å². The van der Waals surface area contributed by atoms with Crippen molar-refractivity contribution >= 4 is 34.3 Å². The molecule has 0 aliphatic rings. The number of fused-ring (bicyclic) bond motifs is 1. The van der Waals surface area contributed by atoms with Gasteiger partial charge in [0.25, 0.3) is 0 Å². The summed E-state index contributed by atoms with van der Waals surface area (Å²) in [6.45, 7) is 3.12. The monoisotopic (exact) mass is 413 g/mol. The molecule has 0 bridgehead atoms. The zero-order chi connectivity index (χ0) is 20.7. The van der Waals surface area contributed by atoms with Crippen molar-refractivity contribution in [3.8, 4) is 5.75 Å². The first-order chi connectivity index (χ1) is 14.2. The van der Waals surface area contributed by atoms with Crippen LogP contribution in [0.15, 0.2) is 41.5 Å². The quantitative estimate of drug-likeness (QED) is 0.157. The van der Waals surface area contributed by atoms with E-state index in [0.29, 0.717) is 10.7 Å². The molecule has 3 N–H and O–H groups in total. The predicted octanol–water partition coefficient (Wildman–Crippen LogP) is 6.26. The van der Waals surface area contributed by atoms with E-state index in [-0.39, 0.29) is 5.75 Å². The smallest absolute Gasteiger partial charge is 0.186 e. The summed E-state index contributed by atoms with van der Waals surface area (Å²) in [5.41, 5.74) is 3.53. The fourth-order valence-electron chi connectivity index (χ4n) is 3.43. The summed E-state index contributed by atoms with van der Waals surface area (Å²) in [6.07, 6.45) is 14.9. The van der Waals surface area contributed by atoms with E-state index in [1.165, 1.54) is 57.8 Å². The first-order valence-electron chi connectivity index (χ1n) is 11.0. The standard InChI is InChI=1S/C24H35N3OS/c1-2-3-4-5-6-7-8-9-10-13-18-25-24(29)27-26-19-22-21-15-12-11-14-20(21)16-17-23(22)28/h11-12,14-17,19,28H,2-10,13,18H2,1H3,(H2,25,27,29)/b26-19+. The molecule has 5 heteroatoms. The first-order valence-corrected chi connectivity index (χ1v) is 11.4. The molecule has 0 spiro atoms. The molecule has 2 rings (SSSR count). The lowest BCUT2D eigenvalue weighted by atomic mass is 10.0. The van der Waals surface area contributed by atoms with Crippen LogP contribution in [0.3, 0.4) is 0 Å². The van der Waals surface area contributed by atoms with Crippen LogP contribution in [-0.4, -0.2) is 23.0 Å². The summed E-state index contributed by atoms with van der Waals surface area (Å²) in [6, 6.07) is 11.5. The second kappa shape index (κ2) is 13.9. The molecule has 0 aliphatic carbocycles. The average Bonchev–Trinajstić information content (AvgIpc) is 2.73. The normalized spacial score (nSPS) is 11.2. The molecule has 0 amide bonds. The van der Waals surface area contributed by atoms with E-state index >= 15 is 0 Å². The maximum Gasteiger partial charge on any atom is 0.186 e. The average molecular weight is 414 g/mol. The van der Waals surface area contributed by atoms with Gasteiger partial charge in [-0.2, -0.15) is 5.10 Å². The van der Waals surface area contributed by atoms with Gasteiger partial charge in [-0.3, -0.25) is 5.43 Å². The highest BCUT2D eigenvalue weighted by atomic mass is 32.1. The topological polar surface area (TPSA) is 56.7 Å². The van der Waals surface area contributed by atoms with Gasteiger partial charge in [0.05, 0.1) is 6.21 Å². The first kappa shape index (κ1) is 23.1. The van der Waals surface area contributed by atoms with Crippen LogP contribution >= 0.6 is 12.2 Å². The van der Waals surface area contributed by atoms with Crippen LogP contribution in [-0.2, 0) is 0 Å². The summed E-state index contributed by atoms with van der Waals surface area (Å²) in [5, 5.41) is 20.0. The van der Waals surface area contributed by atoms with E-state index in [9.17, 15) is 5.11 Å². The molecule has 0 fully saturated rings. The lowest BCUT2D eigenvalue weighted by Gasteiger charge is -2.08. The van der Waals surface area contributed by atoms with Crippen LogP contribution in [0.1, 0.15) is 76.7 Å². The minimum absolute atomic E-state index is 0.207. The number of benzene rings is 2. The van der Waals surface area contributed by atoms with E-state index in [2.05, 4.69) is 22.8 Å². The van der Waals surface area contributed by atoms with Gasteiger partial charge in [0.1, 0.15) is 5.75 Å². The molecule has 29 heavy (non-hydrogen) atoms. The van der Waals surface area contributed by atoms with Crippen molar-refractivity contribution < 1.29 is 5.11 Å². The summed E-state index contributed by atoms with van der Waals surface area (Å²) < 4.78 is 0. The van der Waals surface area contributed by atoms with Gasteiger partial charge >= 0.3 is 0 Å². The highest BCUT2D eigenvalue weighted by Gasteiger charge is 2.04. The summed E-state index contributed by atoms with van der Waals surface area (Å²) >= 11 is 5.27. The molecule has 158 valence electrons. The zero-order valence-corrected chi connectivity index (χ0v) is 18.4. The van der Waals surface area contributed by atoms with Crippen LogP contribution in [0.4, 0.5) is 0 Å². The molecule has 4 nitrogen and oxygen atoms in total. The highest BCUT2D eigenvalue weighted by molar-refractivity contribution is 7.80. The Labute approximate surface area is 180 Å². The van der Waals surface area contributed by atoms with E-state index in [0.717, 1.165) is 23.7 Å². The zero-order valence-electron chi connectivity index (χ0n) is 17.6. The molecular weight excluding hydrogens is 378 g/mol. The van der Waals surface area contributed by atoms with Crippen LogP contribution in [0.25, 0.3) is 10.8 Å². The third-order valence-electron chi connectivity index (χ3n) is 5.12. The minimum Gasteiger partial charge on any atom is -0.507 e. The van der Waals surface area contributed by atoms with Gasteiger partial charge in [-0.25, -0.2) is 0 Å². The Morgan fingerprint density at radius 2 is 1.59 bits per heavy atom. The number of nitrogens with zero attached hydrogens (tertiary/aromatic N) is 1. The lowest BCUT2D eigenvalue weighted by Crippen LogP contribution is -2.32. The SMILES string of the molecule is CCCCCCCCCCCCNC(=S)N/N=C/c1c(O)ccc2ccccc12. The number of thiocarbonyl (C=S) groups is 1. The van der Waals surface area contributed by atoms with Gasteiger partial charge in [0, 0.05) is 12.1 Å². The number of hydrogen-bond donors (Lipinski definition) is 3. The Hall–Kier alpha value is -2.14. The van der Waals surface area contributed by atoms with Crippen molar-refractivity contribution in [3.05, 3.63) is 42.0 Å². The van der Waals surface area contributed by atoms with Gasteiger partial charge < -0.3 is 10.4 Å². The number of phenols is 1. The number of nitrogens with one attached hydrogen (secondary N) is 2. The van der Waals surface area contributed by atoms with Gasteiger partial charge in [0.2, 0.25) is 0 Å². The second-order valence-electron chi connectivity index (χ2n) is 7.53. The van der Waals surface area contributed by atoms with E-state index in [1.54, 1.807) is 12.3 Å². The summed E-state index contributed by atoms with van der Waals surface area (Å²) in [7, 11) is 0. The van der Waals surface area contributed by atoms with Crippen LogP contribution in [0, 0.1) is 0 Å². The van der Waals surface area contributed by atoms with Gasteiger partial charge in [-0.15, -0.1) is 0 Å². The number of unbranched alkanes of at least 4 members (excludes halogenated alkanes) is 9. The van der Waals surface area contributed by atoms with Crippen molar-refractivity contribution in [2.75, 3.05) is 6.54 Å². The van der Waals surface area contributed by atoms with Gasteiger partial charge in [-0.1, -0.05) is 95.0 Å². The van der Waals surface area contributed by atoms with Gasteiger partial charge in [-0.05, 0) is 35.5 Å². The molecule has 0 aromatic heterocycles. The predicted molar refractivity (Wildman–Crippen MR) is 129 cm³/mol. The number of hydrogen-bond acceptors (Lipinski definition) is 3. The fraction of sp³-hybridized carbons (Fsp3) is 0.500. The third kappa shape index (κ3) is 8.82. The van der Waals surface area contributed by atoms with E-state index < -0.39 is 0 Å².